The first-order chi connectivity index (χ1) is 9.15. The van der Waals surface area contributed by atoms with Gasteiger partial charge < -0.3 is 14.8 Å². The fourth-order valence-electron chi connectivity index (χ4n) is 2.80. The molecule has 0 aromatic carbocycles. The van der Waals surface area contributed by atoms with E-state index in [9.17, 15) is 4.79 Å². The molecule has 1 aromatic rings. The highest BCUT2D eigenvalue weighted by Crippen LogP contribution is 2.35. The molecule has 6 heteroatoms. The topological polar surface area (TPSA) is 73.3 Å². The third kappa shape index (κ3) is 2.40. The van der Waals surface area contributed by atoms with Crippen LogP contribution in [0.4, 0.5) is 5.82 Å². The number of nitrogens with one attached hydrogen (secondary N) is 1. The number of esters is 1. The Balaban J connectivity index is 1.77. The van der Waals surface area contributed by atoms with Crippen LogP contribution in [0.1, 0.15) is 35.6 Å². The van der Waals surface area contributed by atoms with Crippen molar-refractivity contribution in [2.75, 3.05) is 12.4 Å². The first kappa shape index (κ1) is 12.3. The van der Waals surface area contributed by atoms with Gasteiger partial charge in [0.15, 0.2) is 0 Å². The molecule has 3 rings (SSSR count). The number of anilines is 1. The SMILES string of the molecule is COC(=O)c1nc(C)cc(NC2CC3CCC2O3)n1. The highest BCUT2D eigenvalue weighted by molar-refractivity contribution is 5.85. The number of fused-ring (bicyclic) bond motifs is 2. The van der Waals surface area contributed by atoms with Crippen molar-refractivity contribution in [1.82, 2.24) is 9.97 Å². The maximum Gasteiger partial charge on any atom is 0.376 e. The number of aryl methyl sites for hydroxylation is 1. The molecule has 102 valence electrons. The number of ether oxygens (including phenoxy) is 2. The molecule has 2 saturated heterocycles. The minimum absolute atomic E-state index is 0.0917. The Labute approximate surface area is 111 Å². The molecule has 2 fully saturated rings. The van der Waals surface area contributed by atoms with Crippen LogP contribution in [0.15, 0.2) is 6.07 Å². The number of carbonyl (C=O) groups is 1. The lowest BCUT2D eigenvalue weighted by Gasteiger charge is -2.20. The molecule has 1 N–H and O–H groups in total. The summed E-state index contributed by atoms with van der Waals surface area (Å²) in [5.74, 6) is 0.235. The van der Waals surface area contributed by atoms with Crippen LogP contribution >= 0.6 is 0 Å². The molecule has 0 spiro atoms. The second-order valence-electron chi connectivity index (χ2n) is 5.07. The van der Waals surface area contributed by atoms with Gasteiger partial charge in [-0.15, -0.1) is 0 Å². The maximum absolute atomic E-state index is 11.5. The summed E-state index contributed by atoms with van der Waals surface area (Å²) in [5.41, 5.74) is 0.738. The van der Waals surface area contributed by atoms with Gasteiger partial charge in [-0.25, -0.2) is 14.8 Å². The second-order valence-corrected chi connectivity index (χ2v) is 5.07. The Kier molecular flexibility index (Phi) is 3.10. The van der Waals surface area contributed by atoms with E-state index in [1.807, 2.05) is 13.0 Å². The van der Waals surface area contributed by atoms with Crippen LogP contribution in [-0.2, 0) is 9.47 Å². The molecule has 0 aliphatic carbocycles. The smallest absolute Gasteiger partial charge is 0.376 e. The Morgan fingerprint density at radius 3 is 2.95 bits per heavy atom. The van der Waals surface area contributed by atoms with Gasteiger partial charge in [0.1, 0.15) is 5.82 Å². The van der Waals surface area contributed by atoms with E-state index < -0.39 is 5.97 Å². The van der Waals surface area contributed by atoms with Crippen molar-refractivity contribution in [3.8, 4) is 0 Å². The normalized spacial score (nSPS) is 28.4. The van der Waals surface area contributed by atoms with Gasteiger partial charge in [0.05, 0.1) is 25.4 Å². The van der Waals surface area contributed by atoms with Gasteiger partial charge in [-0.2, -0.15) is 0 Å². The van der Waals surface area contributed by atoms with E-state index in [1.165, 1.54) is 7.11 Å². The highest BCUT2D eigenvalue weighted by Gasteiger charge is 2.40. The van der Waals surface area contributed by atoms with E-state index in [0.717, 1.165) is 25.0 Å². The average molecular weight is 263 g/mol. The number of methoxy groups -OCH3 is 1. The standard InChI is InChI=1S/C13H17N3O3/c1-7-5-11(16-12(14-7)13(17)18-2)15-9-6-8-3-4-10(9)19-8/h5,8-10H,3-4,6H2,1-2H3,(H,14,15,16). The predicted molar refractivity (Wildman–Crippen MR) is 68.0 cm³/mol. The molecule has 1 aromatic heterocycles. The van der Waals surface area contributed by atoms with Gasteiger partial charge in [-0.3, -0.25) is 0 Å². The van der Waals surface area contributed by atoms with E-state index in [4.69, 9.17) is 4.74 Å². The molecule has 0 radical (unpaired) electrons. The molecular formula is C13H17N3O3. The molecule has 2 aliphatic heterocycles. The minimum Gasteiger partial charge on any atom is -0.463 e. The van der Waals surface area contributed by atoms with Gasteiger partial charge in [-0.05, 0) is 26.2 Å². The van der Waals surface area contributed by atoms with Crippen molar-refractivity contribution in [3.63, 3.8) is 0 Å². The largest absolute Gasteiger partial charge is 0.463 e. The minimum atomic E-state index is -0.518. The van der Waals surface area contributed by atoms with Crippen LogP contribution in [0.3, 0.4) is 0 Å². The Morgan fingerprint density at radius 2 is 2.32 bits per heavy atom. The Hall–Kier alpha value is -1.69. The lowest BCUT2D eigenvalue weighted by Crippen LogP contribution is -2.31. The molecule has 0 saturated carbocycles. The summed E-state index contributed by atoms with van der Waals surface area (Å²) in [5, 5.41) is 3.35. The molecule has 2 bridgehead atoms. The number of hydrogen-bond acceptors (Lipinski definition) is 6. The number of rotatable bonds is 3. The van der Waals surface area contributed by atoms with Gasteiger partial charge in [0, 0.05) is 11.8 Å². The van der Waals surface area contributed by atoms with E-state index in [-0.39, 0.29) is 18.0 Å². The van der Waals surface area contributed by atoms with E-state index in [2.05, 4.69) is 20.0 Å². The first-order valence-corrected chi connectivity index (χ1v) is 6.51. The summed E-state index contributed by atoms with van der Waals surface area (Å²) >= 11 is 0. The molecule has 3 unspecified atom stereocenters. The maximum atomic E-state index is 11.5. The second kappa shape index (κ2) is 4.77. The fourth-order valence-corrected chi connectivity index (χ4v) is 2.80. The van der Waals surface area contributed by atoms with E-state index >= 15 is 0 Å². The number of hydrogen-bond donors (Lipinski definition) is 1. The van der Waals surface area contributed by atoms with E-state index in [1.54, 1.807) is 0 Å². The lowest BCUT2D eigenvalue weighted by molar-refractivity contribution is 0.0586. The molecule has 0 amide bonds. The zero-order valence-electron chi connectivity index (χ0n) is 11.0. The summed E-state index contributed by atoms with van der Waals surface area (Å²) in [7, 11) is 1.32. The first-order valence-electron chi connectivity index (χ1n) is 6.51. The van der Waals surface area contributed by atoms with Crippen molar-refractivity contribution in [2.24, 2.45) is 0 Å². The van der Waals surface area contributed by atoms with Crippen LogP contribution in [0, 0.1) is 6.92 Å². The zero-order chi connectivity index (χ0) is 13.4. The van der Waals surface area contributed by atoms with Crippen molar-refractivity contribution in [3.05, 3.63) is 17.6 Å². The van der Waals surface area contributed by atoms with Crippen molar-refractivity contribution in [1.29, 1.82) is 0 Å². The summed E-state index contributed by atoms with van der Waals surface area (Å²) in [6.07, 6.45) is 3.89. The fraction of sp³-hybridized carbons (Fsp3) is 0.615. The van der Waals surface area contributed by atoms with Crippen LogP contribution in [-0.4, -0.2) is 41.3 Å². The summed E-state index contributed by atoms with van der Waals surface area (Å²) in [6, 6.07) is 2.11. The number of nitrogens with zero attached hydrogens (tertiary/aromatic N) is 2. The number of carbonyl (C=O) groups excluding carboxylic acids is 1. The highest BCUT2D eigenvalue weighted by atomic mass is 16.5. The quantitative estimate of drug-likeness (QED) is 0.829. The van der Waals surface area contributed by atoms with Gasteiger partial charge in [0.2, 0.25) is 5.82 Å². The van der Waals surface area contributed by atoms with Crippen LogP contribution in [0.5, 0.6) is 0 Å². The number of aromatic nitrogens is 2. The summed E-state index contributed by atoms with van der Waals surface area (Å²) < 4.78 is 10.4. The average Bonchev–Trinajstić information content (AvgIpc) is 2.99. The molecule has 19 heavy (non-hydrogen) atoms. The molecule has 3 atom stereocenters. The third-order valence-corrected chi connectivity index (χ3v) is 3.66. The third-order valence-electron chi connectivity index (χ3n) is 3.66. The van der Waals surface area contributed by atoms with Crippen molar-refractivity contribution in [2.45, 2.75) is 44.4 Å². The van der Waals surface area contributed by atoms with Gasteiger partial charge in [-0.1, -0.05) is 0 Å². The van der Waals surface area contributed by atoms with Crippen molar-refractivity contribution >= 4 is 11.8 Å². The van der Waals surface area contributed by atoms with Crippen LogP contribution in [0.2, 0.25) is 0 Å². The van der Waals surface area contributed by atoms with Gasteiger partial charge in [0.25, 0.3) is 0 Å². The molecule has 3 heterocycles. The summed E-state index contributed by atoms with van der Waals surface area (Å²) in [4.78, 5) is 19.8. The van der Waals surface area contributed by atoms with Crippen LogP contribution in [0.25, 0.3) is 0 Å². The van der Waals surface area contributed by atoms with E-state index in [0.29, 0.717) is 11.9 Å². The van der Waals surface area contributed by atoms with Gasteiger partial charge >= 0.3 is 5.97 Å². The summed E-state index contributed by atoms with van der Waals surface area (Å²) in [6.45, 7) is 1.83. The molecule has 6 nitrogen and oxygen atoms in total. The lowest BCUT2D eigenvalue weighted by atomic mass is 9.95. The predicted octanol–water partition coefficient (Wildman–Crippen LogP) is 1.30. The Morgan fingerprint density at radius 1 is 1.47 bits per heavy atom. The van der Waals surface area contributed by atoms with Crippen LogP contribution < -0.4 is 5.32 Å². The molecule has 2 aliphatic rings. The zero-order valence-corrected chi connectivity index (χ0v) is 11.0. The molecular weight excluding hydrogens is 246 g/mol. The van der Waals surface area contributed by atoms with Crippen molar-refractivity contribution < 1.29 is 14.3 Å². The Bertz CT molecular complexity index is 506. The monoisotopic (exact) mass is 263 g/mol.